The maximum absolute atomic E-state index is 11.1. The van der Waals surface area contributed by atoms with Crippen molar-refractivity contribution in [1.82, 2.24) is 5.32 Å². The molecule has 0 spiro atoms. The number of hydrogen-bond donors (Lipinski definition) is 2. The predicted molar refractivity (Wildman–Crippen MR) is 61.0 cm³/mol. The number of carboxylic acids is 1. The first-order valence-electron chi connectivity index (χ1n) is 5.98. The topological polar surface area (TPSA) is 66.4 Å². The van der Waals surface area contributed by atoms with E-state index < -0.39 is 5.97 Å². The Kier molecular flexibility index (Phi) is 4.77. The summed E-state index contributed by atoms with van der Waals surface area (Å²) in [7, 11) is 0. The van der Waals surface area contributed by atoms with E-state index in [2.05, 4.69) is 12.2 Å². The second-order valence-corrected chi connectivity index (χ2v) is 4.94. The molecule has 16 heavy (non-hydrogen) atoms. The van der Waals surface area contributed by atoms with E-state index in [1.165, 1.54) is 13.3 Å². The molecule has 2 N–H and O–H groups in total. The number of hydrogen-bond acceptors (Lipinski definition) is 2. The molecule has 0 radical (unpaired) electrons. The Labute approximate surface area is 96.4 Å². The Morgan fingerprint density at radius 2 is 2.12 bits per heavy atom. The predicted octanol–water partition coefficient (Wildman–Crippen LogP) is 1.79. The summed E-state index contributed by atoms with van der Waals surface area (Å²) >= 11 is 0. The van der Waals surface area contributed by atoms with E-state index in [0.29, 0.717) is 11.8 Å². The average molecular weight is 227 g/mol. The highest BCUT2D eigenvalue weighted by Crippen LogP contribution is 2.31. The van der Waals surface area contributed by atoms with Crippen molar-refractivity contribution in [3.8, 4) is 0 Å². The number of carbonyl (C=O) groups excluding carboxylic acids is 1. The van der Waals surface area contributed by atoms with Gasteiger partial charge in [0.25, 0.3) is 0 Å². The first-order valence-corrected chi connectivity index (χ1v) is 5.98. The van der Waals surface area contributed by atoms with E-state index in [9.17, 15) is 9.59 Å². The molecule has 1 saturated carbocycles. The van der Waals surface area contributed by atoms with Gasteiger partial charge in [0.15, 0.2) is 0 Å². The maximum atomic E-state index is 11.1. The molecule has 0 bridgehead atoms. The van der Waals surface area contributed by atoms with Gasteiger partial charge in [-0.3, -0.25) is 9.59 Å². The summed E-state index contributed by atoms with van der Waals surface area (Å²) in [6.45, 7) is 3.64. The van der Waals surface area contributed by atoms with Crippen LogP contribution in [0.3, 0.4) is 0 Å². The zero-order valence-corrected chi connectivity index (χ0v) is 10.0. The Morgan fingerprint density at radius 3 is 2.62 bits per heavy atom. The third kappa shape index (κ3) is 4.21. The smallest absolute Gasteiger partial charge is 0.305 e. The number of nitrogens with one attached hydrogen (secondary N) is 1. The summed E-state index contributed by atoms with van der Waals surface area (Å²) in [6, 6.07) is -0.197. The van der Waals surface area contributed by atoms with E-state index in [-0.39, 0.29) is 18.4 Å². The molecule has 4 heteroatoms. The highest BCUT2D eigenvalue weighted by molar-refractivity contribution is 5.75. The molecular weight excluding hydrogens is 206 g/mol. The van der Waals surface area contributed by atoms with E-state index in [1.807, 2.05) is 0 Å². The minimum absolute atomic E-state index is 0.0387. The van der Waals surface area contributed by atoms with Crippen molar-refractivity contribution in [2.75, 3.05) is 0 Å². The Morgan fingerprint density at radius 1 is 1.44 bits per heavy atom. The third-order valence-electron chi connectivity index (χ3n) is 3.33. The number of rotatable bonds is 4. The fourth-order valence-electron chi connectivity index (χ4n) is 2.63. The molecule has 0 saturated heterocycles. The minimum atomic E-state index is -0.836. The molecule has 0 aliphatic heterocycles. The standard InChI is InChI=1S/C12H21NO3/c1-8-4-3-5-10(6-8)11(7-12(15)16)13-9(2)14/h8,10-11H,3-7H2,1-2H3,(H,13,14)(H,15,16). The zero-order chi connectivity index (χ0) is 12.1. The molecule has 1 amide bonds. The fraction of sp³-hybridized carbons (Fsp3) is 0.833. The first kappa shape index (κ1) is 13.0. The van der Waals surface area contributed by atoms with Crippen LogP contribution in [0.15, 0.2) is 0 Å². The Bertz CT molecular complexity index is 249. The quantitative estimate of drug-likeness (QED) is 0.769. The van der Waals surface area contributed by atoms with E-state index in [4.69, 9.17) is 5.11 Å². The van der Waals surface area contributed by atoms with Gasteiger partial charge in [-0.25, -0.2) is 0 Å². The van der Waals surface area contributed by atoms with Crippen LogP contribution in [0.4, 0.5) is 0 Å². The van der Waals surface area contributed by atoms with E-state index in [0.717, 1.165) is 19.3 Å². The summed E-state index contributed by atoms with van der Waals surface area (Å²) in [5, 5.41) is 11.6. The van der Waals surface area contributed by atoms with Gasteiger partial charge in [-0.1, -0.05) is 19.8 Å². The Balaban J connectivity index is 2.58. The second kappa shape index (κ2) is 5.87. The van der Waals surface area contributed by atoms with Crippen LogP contribution < -0.4 is 5.32 Å². The fourth-order valence-corrected chi connectivity index (χ4v) is 2.63. The van der Waals surface area contributed by atoms with Gasteiger partial charge in [-0.15, -0.1) is 0 Å². The maximum Gasteiger partial charge on any atom is 0.305 e. The molecule has 92 valence electrons. The number of aliphatic carboxylic acids is 1. The van der Waals surface area contributed by atoms with Crippen LogP contribution in [-0.4, -0.2) is 23.0 Å². The van der Waals surface area contributed by atoms with Crippen LogP contribution in [-0.2, 0) is 9.59 Å². The van der Waals surface area contributed by atoms with Crippen molar-refractivity contribution in [2.24, 2.45) is 11.8 Å². The lowest BCUT2D eigenvalue weighted by atomic mass is 9.77. The molecule has 3 unspecified atom stereocenters. The number of carbonyl (C=O) groups is 2. The van der Waals surface area contributed by atoms with Gasteiger partial charge >= 0.3 is 5.97 Å². The molecular formula is C12H21NO3. The second-order valence-electron chi connectivity index (χ2n) is 4.94. The molecule has 1 rings (SSSR count). The Hall–Kier alpha value is -1.06. The normalized spacial score (nSPS) is 27.1. The number of carboxylic acid groups (broad SMARTS) is 1. The minimum Gasteiger partial charge on any atom is -0.481 e. The van der Waals surface area contributed by atoms with Gasteiger partial charge in [0, 0.05) is 13.0 Å². The average Bonchev–Trinajstić information content (AvgIpc) is 2.15. The molecule has 1 aliphatic rings. The summed E-state index contributed by atoms with van der Waals surface area (Å²) in [5.41, 5.74) is 0. The van der Waals surface area contributed by atoms with Crippen LogP contribution in [0.25, 0.3) is 0 Å². The molecule has 0 aromatic carbocycles. The van der Waals surface area contributed by atoms with Crippen LogP contribution in [0.1, 0.15) is 46.0 Å². The molecule has 1 aliphatic carbocycles. The van der Waals surface area contributed by atoms with E-state index >= 15 is 0 Å². The van der Waals surface area contributed by atoms with Gasteiger partial charge in [-0.2, -0.15) is 0 Å². The van der Waals surface area contributed by atoms with Gasteiger partial charge in [0.2, 0.25) is 5.91 Å². The van der Waals surface area contributed by atoms with Gasteiger partial charge in [0.05, 0.1) is 6.42 Å². The summed E-state index contributed by atoms with van der Waals surface area (Å²) in [6.07, 6.45) is 4.45. The van der Waals surface area contributed by atoms with Crippen LogP contribution in [0.5, 0.6) is 0 Å². The van der Waals surface area contributed by atoms with E-state index in [1.54, 1.807) is 0 Å². The summed E-state index contributed by atoms with van der Waals surface area (Å²) in [4.78, 5) is 21.8. The lowest BCUT2D eigenvalue weighted by Crippen LogP contribution is -2.42. The first-order chi connectivity index (χ1) is 7.49. The highest BCUT2D eigenvalue weighted by atomic mass is 16.4. The monoisotopic (exact) mass is 227 g/mol. The number of amides is 1. The van der Waals surface area contributed by atoms with Gasteiger partial charge in [-0.05, 0) is 24.7 Å². The summed E-state index contributed by atoms with van der Waals surface area (Å²) < 4.78 is 0. The van der Waals surface area contributed by atoms with Crippen molar-refractivity contribution >= 4 is 11.9 Å². The van der Waals surface area contributed by atoms with Crippen molar-refractivity contribution in [3.05, 3.63) is 0 Å². The molecule has 3 atom stereocenters. The van der Waals surface area contributed by atoms with Gasteiger partial charge < -0.3 is 10.4 Å². The van der Waals surface area contributed by atoms with Crippen molar-refractivity contribution in [1.29, 1.82) is 0 Å². The lowest BCUT2D eigenvalue weighted by molar-refractivity contribution is -0.138. The van der Waals surface area contributed by atoms with Crippen LogP contribution in [0.2, 0.25) is 0 Å². The van der Waals surface area contributed by atoms with Crippen LogP contribution >= 0.6 is 0 Å². The molecule has 4 nitrogen and oxygen atoms in total. The van der Waals surface area contributed by atoms with Crippen molar-refractivity contribution < 1.29 is 14.7 Å². The molecule has 0 aromatic heterocycles. The van der Waals surface area contributed by atoms with Crippen molar-refractivity contribution in [3.63, 3.8) is 0 Å². The zero-order valence-electron chi connectivity index (χ0n) is 10.0. The van der Waals surface area contributed by atoms with Crippen LogP contribution in [0, 0.1) is 11.8 Å². The molecule has 1 fully saturated rings. The summed E-state index contributed by atoms with van der Waals surface area (Å²) in [5.74, 6) is -0.00555. The largest absolute Gasteiger partial charge is 0.481 e. The SMILES string of the molecule is CC(=O)NC(CC(=O)O)C1CCCC(C)C1. The third-order valence-corrected chi connectivity index (χ3v) is 3.33. The molecule has 0 aromatic rings. The molecule has 0 heterocycles. The highest BCUT2D eigenvalue weighted by Gasteiger charge is 2.28. The lowest BCUT2D eigenvalue weighted by Gasteiger charge is -2.32. The van der Waals surface area contributed by atoms with Gasteiger partial charge in [0.1, 0.15) is 0 Å². The van der Waals surface area contributed by atoms with Crippen molar-refractivity contribution in [2.45, 2.75) is 52.0 Å².